The van der Waals surface area contributed by atoms with Crippen LogP contribution in [0.2, 0.25) is 0 Å². The van der Waals surface area contributed by atoms with Crippen LogP contribution in [0.5, 0.6) is 0 Å². The standard InChI is InChI=1S/C54H92O7/c1-8-36-52(12-5,37-9-2)53(13-6,38-10-3)54(14-7,39-11-4)61-49(56)29-21-16-15-20-28-45-46(35-34-44(55)33-32-43-26-18-17-19-27-43)48(60-51-31-23-25-41-58-51)42-47(45)59-50-30-22-24-40-57-50/h15,17-20,26-27,44-48,50-51,55H,8-14,16,21-25,28-42H2,1-7H3/b20-15-/t44-,45+,46+,47-,48+,50?,51?,53?,54?/m0/s1. The first-order valence-electron chi connectivity index (χ1n) is 25.8. The zero-order chi connectivity index (χ0) is 44.0. The monoisotopic (exact) mass is 853 g/mol. The van der Waals surface area contributed by atoms with Crippen LogP contribution in [0, 0.1) is 22.7 Å². The minimum Gasteiger partial charge on any atom is -0.458 e. The van der Waals surface area contributed by atoms with Crippen LogP contribution in [0.15, 0.2) is 42.5 Å². The normalized spacial score (nSPS) is 26.2. The van der Waals surface area contributed by atoms with Gasteiger partial charge in [-0.15, -0.1) is 0 Å². The zero-order valence-electron chi connectivity index (χ0n) is 40.3. The van der Waals surface area contributed by atoms with Crippen LogP contribution < -0.4 is 0 Å². The average molecular weight is 853 g/mol. The number of carbonyl (C=O) groups is 1. The number of benzene rings is 1. The second-order valence-corrected chi connectivity index (χ2v) is 19.3. The molecule has 2 saturated heterocycles. The van der Waals surface area contributed by atoms with Crippen molar-refractivity contribution in [3.8, 4) is 0 Å². The molecule has 1 N–H and O–H groups in total. The van der Waals surface area contributed by atoms with E-state index in [1.54, 1.807) is 0 Å². The summed E-state index contributed by atoms with van der Waals surface area (Å²) < 4.78 is 32.8. The van der Waals surface area contributed by atoms with E-state index in [1.807, 2.05) is 6.07 Å². The zero-order valence-corrected chi connectivity index (χ0v) is 40.3. The molecule has 1 aliphatic carbocycles. The van der Waals surface area contributed by atoms with E-state index in [1.165, 1.54) is 18.4 Å². The van der Waals surface area contributed by atoms with E-state index in [-0.39, 0.29) is 59.5 Å². The number of esters is 1. The SMILES string of the molecule is CCCC(CC)(CCC)C(CC)(CCC)C(CC)(CCC)OC(=O)CCC/C=C\C[C@@H]1[C@@H](CC[C@@H](O)CCc2ccccc2)[C@H](OC2CCCCO2)C[C@@H]1OC1CCCCO1. The third kappa shape index (κ3) is 14.4. The molecule has 2 heterocycles. The smallest absolute Gasteiger partial charge is 0.306 e. The van der Waals surface area contributed by atoms with Gasteiger partial charge in [0.15, 0.2) is 12.6 Å². The summed E-state index contributed by atoms with van der Waals surface area (Å²) in [5.41, 5.74) is 0.929. The fraction of sp³-hybridized carbons (Fsp3) is 0.833. The molecular weight excluding hydrogens is 761 g/mol. The molecular formula is C54H92O7. The van der Waals surface area contributed by atoms with Gasteiger partial charge in [0.05, 0.1) is 18.3 Å². The van der Waals surface area contributed by atoms with Crippen molar-refractivity contribution >= 4 is 5.97 Å². The van der Waals surface area contributed by atoms with Gasteiger partial charge in [0.25, 0.3) is 0 Å². The Morgan fingerprint density at radius 2 is 1.38 bits per heavy atom. The Balaban J connectivity index is 1.46. The molecule has 3 aliphatic rings. The van der Waals surface area contributed by atoms with E-state index in [4.69, 9.17) is 23.7 Å². The molecule has 1 saturated carbocycles. The molecule has 1 aromatic carbocycles. The number of aryl methyl sites for hydroxylation is 1. The number of hydrogen-bond acceptors (Lipinski definition) is 7. The van der Waals surface area contributed by atoms with Crippen molar-refractivity contribution in [2.75, 3.05) is 13.2 Å². The van der Waals surface area contributed by atoms with Crippen molar-refractivity contribution in [1.82, 2.24) is 0 Å². The maximum absolute atomic E-state index is 14.0. The average Bonchev–Trinajstić information content (AvgIpc) is 3.59. The maximum atomic E-state index is 14.0. The van der Waals surface area contributed by atoms with Gasteiger partial charge >= 0.3 is 5.97 Å². The van der Waals surface area contributed by atoms with Crippen LogP contribution in [0.1, 0.15) is 215 Å². The Hall–Kier alpha value is -1.77. The summed E-state index contributed by atoms with van der Waals surface area (Å²) in [6.45, 7) is 17.8. The van der Waals surface area contributed by atoms with Crippen LogP contribution in [0.4, 0.5) is 0 Å². The molecule has 0 aromatic heterocycles. The van der Waals surface area contributed by atoms with Gasteiger partial charge in [-0.2, -0.15) is 0 Å². The van der Waals surface area contributed by atoms with Crippen molar-refractivity contribution in [2.45, 2.75) is 252 Å². The Labute approximate surface area is 374 Å². The lowest BCUT2D eigenvalue weighted by atomic mass is 9.47. The number of rotatable bonds is 30. The number of aliphatic hydroxyl groups is 1. The second-order valence-electron chi connectivity index (χ2n) is 19.3. The van der Waals surface area contributed by atoms with E-state index in [0.717, 1.165) is 161 Å². The van der Waals surface area contributed by atoms with Crippen LogP contribution in [-0.4, -0.2) is 60.8 Å². The molecule has 0 amide bonds. The number of unbranched alkanes of at least 4 members (excludes halogenated alkanes) is 1. The number of hydrogen-bond donors (Lipinski definition) is 1. The summed E-state index contributed by atoms with van der Waals surface area (Å²) in [4.78, 5) is 14.0. The van der Waals surface area contributed by atoms with Gasteiger partial charge in [-0.25, -0.2) is 0 Å². The molecule has 350 valence electrons. The van der Waals surface area contributed by atoms with E-state index in [9.17, 15) is 9.90 Å². The van der Waals surface area contributed by atoms with Crippen molar-refractivity contribution in [1.29, 1.82) is 0 Å². The van der Waals surface area contributed by atoms with Crippen LogP contribution in [0.3, 0.4) is 0 Å². The predicted molar refractivity (Wildman–Crippen MR) is 250 cm³/mol. The number of ether oxygens (including phenoxy) is 5. The molecule has 4 unspecified atom stereocenters. The fourth-order valence-electron chi connectivity index (χ4n) is 12.6. The van der Waals surface area contributed by atoms with Crippen LogP contribution >= 0.6 is 0 Å². The van der Waals surface area contributed by atoms with Crippen molar-refractivity contribution in [2.24, 2.45) is 22.7 Å². The molecule has 9 atom stereocenters. The third-order valence-corrected chi connectivity index (χ3v) is 15.5. The number of allylic oxidation sites excluding steroid dienone is 2. The van der Waals surface area contributed by atoms with E-state index < -0.39 is 5.60 Å². The van der Waals surface area contributed by atoms with Crippen LogP contribution in [0.25, 0.3) is 0 Å². The molecule has 0 radical (unpaired) electrons. The van der Waals surface area contributed by atoms with Gasteiger partial charge in [-0.05, 0) is 151 Å². The first kappa shape index (κ1) is 51.9. The second kappa shape index (κ2) is 27.5. The van der Waals surface area contributed by atoms with Gasteiger partial charge < -0.3 is 28.8 Å². The largest absolute Gasteiger partial charge is 0.458 e. The molecule has 0 spiro atoms. The maximum Gasteiger partial charge on any atom is 0.306 e. The lowest BCUT2D eigenvalue weighted by molar-refractivity contribution is -0.212. The van der Waals surface area contributed by atoms with Crippen molar-refractivity contribution < 1.29 is 33.6 Å². The summed E-state index contributed by atoms with van der Waals surface area (Å²) in [5, 5.41) is 11.2. The molecule has 4 rings (SSSR count). The van der Waals surface area contributed by atoms with E-state index >= 15 is 0 Å². The van der Waals surface area contributed by atoms with Gasteiger partial charge in [0.2, 0.25) is 0 Å². The highest BCUT2D eigenvalue weighted by molar-refractivity contribution is 5.70. The Morgan fingerprint density at radius 3 is 1.92 bits per heavy atom. The van der Waals surface area contributed by atoms with Gasteiger partial charge in [-0.3, -0.25) is 4.79 Å². The van der Waals surface area contributed by atoms with Crippen LogP contribution in [-0.2, 0) is 34.9 Å². The van der Waals surface area contributed by atoms with Crippen molar-refractivity contribution in [3.63, 3.8) is 0 Å². The molecule has 61 heavy (non-hydrogen) atoms. The molecule has 2 aliphatic heterocycles. The minimum absolute atomic E-state index is 0.0113. The highest BCUT2D eigenvalue weighted by Gasteiger charge is 2.60. The third-order valence-electron chi connectivity index (χ3n) is 15.5. The fourth-order valence-corrected chi connectivity index (χ4v) is 12.6. The Kier molecular flexibility index (Phi) is 23.4. The highest BCUT2D eigenvalue weighted by Crippen LogP contribution is 2.63. The number of aliphatic hydroxyl groups excluding tert-OH is 1. The van der Waals surface area contributed by atoms with E-state index in [2.05, 4.69) is 84.9 Å². The number of carbonyl (C=O) groups excluding carboxylic acids is 1. The molecule has 0 bridgehead atoms. The van der Waals surface area contributed by atoms with Gasteiger partial charge in [-0.1, -0.05) is 117 Å². The van der Waals surface area contributed by atoms with Crippen molar-refractivity contribution in [3.05, 3.63) is 48.0 Å². The summed E-state index contributed by atoms with van der Waals surface area (Å²) in [6, 6.07) is 10.5. The minimum atomic E-state index is -0.454. The molecule has 7 nitrogen and oxygen atoms in total. The van der Waals surface area contributed by atoms with Gasteiger partial charge in [0.1, 0.15) is 5.60 Å². The Morgan fingerprint density at radius 1 is 0.754 bits per heavy atom. The topological polar surface area (TPSA) is 83.5 Å². The predicted octanol–water partition coefficient (Wildman–Crippen LogP) is 14.0. The lowest BCUT2D eigenvalue weighted by Crippen LogP contribution is -2.59. The summed E-state index contributed by atoms with van der Waals surface area (Å²) in [6.07, 6.45) is 29.1. The summed E-state index contributed by atoms with van der Waals surface area (Å²) in [7, 11) is 0. The first-order chi connectivity index (χ1) is 29.7. The first-order valence-corrected chi connectivity index (χ1v) is 25.8. The lowest BCUT2D eigenvalue weighted by Gasteiger charge is -2.60. The highest BCUT2D eigenvalue weighted by atomic mass is 16.7. The quantitative estimate of drug-likeness (QED) is 0.0469. The summed E-state index contributed by atoms with van der Waals surface area (Å²) in [5.74, 6) is 0.457. The Bertz CT molecular complexity index is 1330. The molecule has 7 heteroatoms. The molecule has 3 fully saturated rings. The van der Waals surface area contributed by atoms with E-state index in [0.29, 0.717) is 6.42 Å². The summed E-state index contributed by atoms with van der Waals surface area (Å²) >= 11 is 0. The van der Waals surface area contributed by atoms with Gasteiger partial charge in [0, 0.05) is 31.5 Å². The molecule has 1 aromatic rings.